The minimum absolute atomic E-state index is 0.0114. The standard InChI is InChI=1S/C19H20O2/c1-2-18(21-15-16-9-5-3-6-10-16)13-14-19(20)17-11-7-4-8-12-17/h3-14,18H,2,15H2,1H3/b14-13+. The first-order valence-electron chi connectivity index (χ1n) is 7.22. The van der Waals surface area contributed by atoms with Gasteiger partial charge in [-0.05, 0) is 18.1 Å². The summed E-state index contributed by atoms with van der Waals surface area (Å²) in [5.74, 6) is 0.0114. The van der Waals surface area contributed by atoms with E-state index in [4.69, 9.17) is 4.74 Å². The number of rotatable bonds is 7. The molecule has 2 heteroatoms. The number of hydrogen-bond donors (Lipinski definition) is 0. The molecule has 0 aromatic heterocycles. The molecule has 0 saturated carbocycles. The third-order valence-electron chi connectivity index (χ3n) is 3.23. The maximum atomic E-state index is 12.0. The molecule has 0 heterocycles. The predicted octanol–water partition coefficient (Wildman–Crippen LogP) is 4.42. The van der Waals surface area contributed by atoms with Crippen molar-refractivity contribution >= 4 is 5.78 Å². The lowest BCUT2D eigenvalue weighted by Crippen LogP contribution is -2.09. The van der Waals surface area contributed by atoms with E-state index >= 15 is 0 Å². The molecule has 0 spiro atoms. The van der Waals surface area contributed by atoms with E-state index in [1.165, 1.54) is 0 Å². The van der Waals surface area contributed by atoms with Crippen molar-refractivity contribution in [3.05, 3.63) is 83.9 Å². The fourth-order valence-corrected chi connectivity index (χ4v) is 1.98. The first-order valence-corrected chi connectivity index (χ1v) is 7.22. The van der Waals surface area contributed by atoms with E-state index < -0.39 is 0 Å². The van der Waals surface area contributed by atoms with Crippen LogP contribution < -0.4 is 0 Å². The van der Waals surface area contributed by atoms with Crippen LogP contribution in [-0.2, 0) is 11.3 Å². The number of hydrogen-bond acceptors (Lipinski definition) is 2. The predicted molar refractivity (Wildman–Crippen MR) is 85.2 cm³/mol. The van der Waals surface area contributed by atoms with Crippen molar-refractivity contribution in [1.29, 1.82) is 0 Å². The topological polar surface area (TPSA) is 26.3 Å². The second-order valence-electron chi connectivity index (χ2n) is 4.83. The zero-order chi connectivity index (χ0) is 14.9. The minimum Gasteiger partial charge on any atom is -0.369 e. The molecule has 0 amide bonds. The fraction of sp³-hybridized carbons (Fsp3) is 0.211. The summed E-state index contributed by atoms with van der Waals surface area (Å²) in [5, 5.41) is 0. The van der Waals surface area contributed by atoms with Crippen LogP contribution in [-0.4, -0.2) is 11.9 Å². The molecule has 108 valence electrons. The average molecular weight is 280 g/mol. The lowest BCUT2D eigenvalue weighted by Gasteiger charge is -2.11. The molecule has 2 aromatic carbocycles. The van der Waals surface area contributed by atoms with Gasteiger partial charge in [0.1, 0.15) is 0 Å². The normalized spacial score (nSPS) is 12.4. The van der Waals surface area contributed by atoms with Gasteiger partial charge in [0.25, 0.3) is 0 Å². The number of benzene rings is 2. The molecule has 1 atom stereocenters. The number of ketones is 1. The molecule has 21 heavy (non-hydrogen) atoms. The van der Waals surface area contributed by atoms with Crippen molar-refractivity contribution in [3.8, 4) is 0 Å². The van der Waals surface area contributed by atoms with E-state index in [1.54, 1.807) is 6.08 Å². The molecule has 2 nitrogen and oxygen atoms in total. The van der Waals surface area contributed by atoms with Gasteiger partial charge in [-0.3, -0.25) is 4.79 Å². The zero-order valence-electron chi connectivity index (χ0n) is 12.2. The van der Waals surface area contributed by atoms with Crippen molar-refractivity contribution in [2.45, 2.75) is 26.1 Å². The Morgan fingerprint density at radius 1 is 1.05 bits per heavy atom. The van der Waals surface area contributed by atoms with Crippen molar-refractivity contribution < 1.29 is 9.53 Å². The Morgan fingerprint density at radius 2 is 1.67 bits per heavy atom. The Hall–Kier alpha value is -2.19. The van der Waals surface area contributed by atoms with Crippen LogP contribution >= 0.6 is 0 Å². The molecule has 0 fully saturated rings. The first kappa shape index (κ1) is 15.2. The van der Waals surface area contributed by atoms with Crippen molar-refractivity contribution in [2.75, 3.05) is 0 Å². The summed E-state index contributed by atoms with van der Waals surface area (Å²) in [6, 6.07) is 19.3. The Morgan fingerprint density at radius 3 is 2.29 bits per heavy atom. The second kappa shape index (κ2) is 8.18. The number of ether oxygens (including phenoxy) is 1. The molecule has 0 aliphatic heterocycles. The van der Waals surface area contributed by atoms with Gasteiger partial charge >= 0.3 is 0 Å². The van der Waals surface area contributed by atoms with Gasteiger partial charge in [0.05, 0.1) is 12.7 Å². The van der Waals surface area contributed by atoms with Crippen molar-refractivity contribution in [2.24, 2.45) is 0 Å². The van der Waals surface area contributed by atoms with Gasteiger partial charge in [0.2, 0.25) is 0 Å². The van der Waals surface area contributed by atoms with Gasteiger partial charge < -0.3 is 4.74 Å². The Balaban J connectivity index is 1.90. The Bertz CT molecular complexity index is 573. The molecule has 0 aliphatic carbocycles. The second-order valence-corrected chi connectivity index (χ2v) is 4.83. The van der Waals surface area contributed by atoms with Crippen LogP contribution in [0.1, 0.15) is 29.3 Å². The van der Waals surface area contributed by atoms with Crippen LogP contribution in [0.5, 0.6) is 0 Å². The molecule has 0 saturated heterocycles. The van der Waals surface area contributed by atoms with E-state index in [9.17, 15) is 4.79 Å². The summed E-state index contributed by atoms with van der Waals surface area (Å²) >= 11 is 0. The highest BCUT2D eigenvalue weighted by Crippen LogP contribution is 2.08. The number of allylic oxidation sites excluding steroid dienone is 1. The first-order chi connectivity index (χ1) is 10.3. The van der Waals surface area contributed by atoms with Gasteiger partial charge in [-0.25, -0.2) is 0 Å². The van der Waals surface area contributed by atoms with Crippen LogP contribution in [0.2, 0.25) is 0 Å². The summed E-state index contributed by atoms with van der Waals surface area (Å²) in [6.07, 6.45) is 4.25. The largest absolute Gasteiger partial charge is 0.369 e. The van der Waals surface area contributed by atoms with Crippen molar-refractivity contribution in [1.82, 2.24) is 0 Å². The molecule has 1 unspecified atom stereocenters. The van der Waals surface area contributed by atoms with E-state index in [-0.39, 0.29) is 11.9 Å². The van der Waals surface area contributed by atoms with E-state index in [2.05, 4.69) is 0 Å². The van der Waals surface area contributed by atoms with Crippen LogP contribution in [0.25, 0.3) is 0 Å². The molecular formula is C19H20O2. The van der Waals surface area contributed by atoms with Crippen molar-refractivity contribution in [3.63, 3.8) is 0 Å². The third kappa shape index (κ3) is 5.01. The minimum atomic E-state index is -0.0436. The SMILES string of the molecule is CCC(/C=C/C(=O)c1ccccc1)OCc1ccccc1. The highest BCUT2D eigenvalue weighted by atomic mass is 16.5. The number of carbonyl (C=O) groups excluding carboxylic acids is 1. The van der Waals surface area contributed by atoms with Gasteiger partial charge in [0.15, 0.2) is 5.78 Å². The maximum absolute atomic E-state index is 12.0. The van der Waals surface area contributed by atoms with Gasteiger partial charge in [-0.15, -0.1) is 0 Å². The van der Waals surface area contributed by atoms with Gasteiger partial charge in [-0.2, -0.15) is 0 Å². The smallest absolute Gasteiger partial charge is 0.185 e. The van der Waals surface area contributed by atoms with E-state index in [1.807, 2.05) is 73.7 Å². The Labute approximate surface area is 126 Å². The molecule has 0 aliphatic rings. The summed E-state index contributed by atoms with van der Waals surface area (Å²) < 4.78 is 5.82. The van der Waals surface area contributed by atoms with Crippen LogP contribution in [0.4, 0.5) is 0 Å². The molecular weight excluding hydrogens is 260 g/mol. The molecule has 2 aromatic rings. The monoisotopic (exact) mass is 280 g/mol. The number of carbonyl (C=O) groups is 1. The average Bonchev–Trinajstić information content (AvgIpc) is 2.56. The van der Waals surface area contributed by atoms with E-state index in [0.29, 0.717) is 12.2 Å². The Kier molecular flexibility index (Phi) is 5.92. The summed E-state index contributed by atoms with van der Waals surface area (Å²) in [4.78, 5) is 12.0. The van der Waals surface area contributed by atoms with E-state index in [0.717, 1.165) is 12.0 Å². The molecule has 0 N–H and O–H groups in total. The highest BCUT2D eigenvalue weighted by molar-refractivity contribution is 6.04. The zero-order valence-corrected chi connectivity index (χ0v) is 12.2. The molecule has 0 radical (unpaired) electrons. The van der Waals surface area contributed by atoms with Gasteiger partial charge in [0, 0.05) is 5.56 Å². The quantitative estimate of drug-likeness (QED) is 0.554. The molecule has 0 bridgehead atoms. The third-order valence-corrected chi connectivity index (χ3v) is 3.23. The summed E-state index contributed by atoms with van der Waals surface area (Å²) in [7, 11) is 0. The summed E-state index contributed by atoms with van der Waals surface area (Å²) in [5.41, 5.74) is 1.84. The molecule has 2 rings (SSSR count). The van der Waals surface area contributed by atoms with Crippen LogP contribution in [0.3, 0.4) is 0 Å². The van der Waals surface area contributed by atoms with Gasteiger partial charge in [-0.1, -0.05) is 73.7 Å². The fourth-order valence-electron chi connectivity index (χ4n) is 1.98. The highest BCUT2D eigenvalue weighted by Gasteiger charge is 2.05. The van der Waals surface area contributed by atoms with Crippen LogP contribution in [0.15, 0.2) is 72.8 Å². The lowest BCUT2D eigenvalue weighted by molar-refractivity contribution is 0.0692. The van der Waals surface area contributed by atoms with Crippen LogP contribution in [0, 0.1) is 0 Å². The summed E-state index contributed by atoms with van der Waals surface area (Å²) in [6.45, 7) is 2.61. The lowest BCUT2D eigenvalue weighted by atomic mass is 10.1. The maximum Gasteiger partial charge on any atom is 0.185 e.